The Hall–Kier alpha value is -7.25. The van der Waals surface area contributed by atoms with Gasteiger partial charge in [0, 0.05) is 53.3 Å². The molecule has 4 aromatic heterocycles. The number of phenolic OH excluding ortho intramolecular Hbond substituents is 2. The summed E-state index contributed by atoms with van der Waals surface area (Å²) in [6.45, 7) is 0. The number of hydrogen-bond donors (Lipinski definition) is 4. The quantitative estimate of drug-likeness (QED) is 0.0752. The molecule has 0 saturated heterocycles. The number of aldehydes is 1. The van der Waals surface area contributed by atoms with Crippen molar-refractivity contribution in [2.75, 3.05) is 11.1 Å². The van der Waals surface area contributed by atoms with Crippen LogP contribution in [0.1, 0.15) is 27.5 Å². The van der Waals surface area contributed by atoms with E-state index in [4.69, 9.17) is 28.9 Å². The number of carbonyl (C=O) groups is 1. The van der Waals surface area contributed by atoms with Gasteiger partial charge in [-0.2, -0.15) is 0 Å². The van der Waals surface area contributed by atoms with Crippen LogP contribution in [0.25, 0.3) is 21.8 Å². The second kappa shape index (κ2) is 20.5. The maximum Gasteiger partial charge on any atom is 0.172 e. The molecule has 0 aliphatic carbocycles. The third kappa shape index (κ3) is 11.0. The number of benzene rings is 4. The summed E-state index contributed by atoms with van der Waals surface area (Å²) in [6, 6.07) is 15.4. The number of nitrogens with two attached hydrogens (primary N) is 1. The average Bonchev–Trinajstić information content (AvgIpc) is 3.26. The van der Waals surface area contributed by atoms with Crippen molar-refractivity contribution in [2.24, 2.45) is 0 Å². The summed E-state index contributed by atoms with van der Waals surface area (Å²) in [7, 11) is 0. The molecule has 0 bridgehead atoms. The molecule has 0 amide bonds. The highest BCUT2D eigenvalue weighted by molar-refractivity contribution is 6.30. The summed E-state index contributed by atoms with van der Waals surface area (Å²) in [6.07, 6.45) is 5.11. The van der Waals surface area contributed by atoms with Crippen LogP contribution in [-0.4, -0.2) is 36.4 Å². The Kier molecular flexibility index (Phi) is 15.3. The topological polar surface area (TPSA) is 147 Å². The summed E-state index contributed by atoms with van der Waals surface area (Å²) < 4.78 is 133. The highest BCUT2D eigenvalue weighted by Gasteiger charge is 2.31. The van der Waals surface area contributed by atoms with Gasteiger partial charge < -0.3 is 21.3 Å². The molecule has 5 N–H and O–H groups in total. The van der Waals surface area contributed by atoms with Crippen LogP contribution in [0.2, 0.25) is 10.0 Å². The van der Waals surface area contributed by atoms with Crippen molar-refractivity contribution in [3.05, 3.63) is 189 Å². The molecule has 1 unspecified atom stereocenters. The Balaban J connectivity index is 0.000000189. The molecule has 21 heteroatoms. The van der Waals surface area contributed by atoms with E-state index >= 15 is 0 Å². The number of nitrogens with one attached hydrogen (secondary N) is 1. The lowest BCUT2D eigenvalue weighted by molar-refractivity contribution is 0.111. The second-order valence-electron chi connectivity index (χ2n) is 12.4. The maximum absolute atomic E-state index is 14.6. The van der Waals surface area contributed by atoms with Crippen molar-refractivity contribution in [2.45, 2.75) is 6.04 Å². The van der Waals surface area contributed by atoms with E-state index < -0.39 is 86.9 Å². The Morgan fingerprint density at radius 2 is 1.10 bits per heavy atom. The molecule has 0 aliphatic rings. The highest BCUT2D eigenvalue weighted by atomic mass is 35.5. The molecule has 0 aliphatic heterocycles. The molecule has 0 radical (unpaired) electrons. The number of carbonyl (C=O) groups excluding carboxylic acids is 1. The number of para-hydroxylation sites is 1. The van der Waals surface area contributed by atoms with E-state index in [2.05, 4.69) is 25.3 Å². The molecular formula is C42H24Cl2F10N6O3. The first-order valence-corrected chi connectivity index (χ1v) is 18.0. The van der Waals surface area contributed by atoms with Crippen molar-refractivity contribution in [1.29, 1.82) is 0 Å². The van der Waals surface area contributed by atoms with Gasteiger partial charge in [0.05, 0.1) is 27.2 Å². The number of nitrogen functional groups attached to an aromatic ring is 1. The minimum absolute atomic E-state index is 0.0394. The number of aromatic hydroxyl groups is 2. The van der Waals surface area contributed by atoms with Crippen LogP contribution in [0.5, 0.6) is 11.5 Å². The predicted molar refractivity (Wildman–Crippen MR) is 213 cm³/mol. The van der Waals surface area contributed by atoms with Gasteiger partial charge in [0.1, 0.15) is 22.5 Å². The fraction of sp³-hybridized carbons (Fsp3) is 0.0238. The van der Waals surface area contributed by atoms with E-state index in [1.54, 1.807) is 30.5 Å². The smallest absolute Gasteiger partial charge is 0.172 e. The number of phenols is 2. The second-order valence-corrected chi connectivity index (χ2v) is 13.3. The van der Waals surface area contributed by atoms with Crippen LogP contribution in [0, 0.1) is 58.2 Å². The summed E-state index contributed by atoms with van der Waals surface area (Å²) >= 11 is 11.0. The average molecular weight is 922 g/mol. The third-order valence-electron chi connectivity index (χ3n) is 8.32. The lowest BCUT2D eigenvalue weighted by atomic mass is 9.95. The number of anilines is 2. The van der Waals surface area contributed by atoms with E-state index in [0.717, 1.165) is 23.7 Å². The number of pyridine rings is 4. The van der Waals surface area contributed by atoms with Crippen molar-refractivity contribution < 1.29 is 58.9 Å². The fourth-order valence-electron chi connectivity index (χ4n) is 5.39. The summed E-state index contributed by atoms with van der Waals surface area (Å²) in [4.78, 5) is 25.1. The Morgan fingerprint density at radius 1 is 0.587 bits per heavy atom. The molecule has 0 saturated carbocycles. The van der Waals surface area contributed by atoms with Crippen LogP contribution in [-0.2, 0) is 0 Å². The van der Waals surface area contributed by atoms with Gasteiger partial charge in [-0.3, -0.25) is 14.8 Å². The molecular weight excluding hydrogens is 897 g/mol. The molecule has 324 valence electrons. The molecule has 4 aromatic carbocycles. The van der Waals surface area contributed by atoms with E-state index in [1.807, 2.05) is 18.2 Å². The van der Waals surface area contributed by atoms with Crippen molar-refractivity contribution in [3.63, 3.8) is 0 Å². The lowest BCUT2D eigenvalue weighted by Gasteiger charge is -2.23. The Labute approximate surface area is 358 Å². The summed E-state index contributed by atoms with van der Waals surface area (Å²) in [5.41, 5.74) is 3.21. The maximum atomic E-state index is 14.6. The fourth-order valence-corrected chi connectivity index (χ4v) is 5.68. The number of fused-ring (bicyclic) bond motifs is 2. The van der Waals surface area contributed by atoms with Gasteiger partial charge in [0.25, 0.3) is 0 Å². The molecule has 8 rings (SSSR count). The number of halogens is 12. The molecule has 0 fully saturated rings. The van der Waals surface area contributed by atoms with Crippen LogP contribution in [0.4, 0.5) is 55.5 Å². The van der Waals surface area contributed by atoms with E-state index in [0.29, 0.717) is 10.9 Å². The molecule has 8 aromatic rings. The molecule has 1 atom stereocenters. The van der Waals surface area contributed by atoms with E-state index in [9.17, 15) is 58.9 Å². The lowest BCUT2D eigenvalue weighted by Crippen LogP contribution is -2.19. The van der Waals surface area contributed by atoms with Gasteiger partial charge in [0.2, 0.25) is 0 Å². The van der Waals surface area contributed by atoms with Gasteiger partial charge in [-0.05, 0) is 30.3 Å². The van der Waals surface area contributed by atoms with E-state index in [-0.39, 0.29) is 51.1 Å². The zero-order valence-corrected chi connectivity index (χ0v) is 32.7. The van der Waals surface area contributed by atoms with Crippen molar-refractivity contribution >= 4 is 62.9 Å². The first-order chi connectivity index (χ1) is 29.9. The minimum atomic E-state index is -1.78. The van der Waals surface area contributed by atoms with Crippen molar-refractivity contribution in [1.82, 2.24) is 19.9 Å². The normalized spacial score (nSPS) is 11.0. The van der Waals surface area contributed by atoms with E-state index in [1.165, 1.54) is 24.5 Å². The van der Waals surface area contributed by atoms with Gasteiger partial charge >= 0.3 is 0 Å². The predicted octanol–water partition coefficient (Wildman–Crippen LogP) is 11.3. The first-order valence-electron chi connectivity index (χ1n) is 17.3. The monoisotopic (exact) mass is 920 g/mol. The Bertz CT molecular complexity index is 2910. The largest absolute Gasteiger partial charge is 0.506 e. The van der Waals surface area contributed by atoms with Gasteiger partial charge in [-0.25, -0.2) is 53.9 Å². The Morgan fingerprint density at radius 3 is 1.62 bits per heavy atom. The number of hydrogen-bond acceptors (Lipinski definition) is 9. The number of aromatic nitrogens is 4. The van der Waals surface area contributed by atoms with Crippen LogP contribution in [0.15, 0.2) is 104 Å². The summed E-state index contributed by atoms with van der Waals surface area (Å²) in [5, 5.41) is 24.1. The van der Waals surface area contributed by atoms with Crippen LogP contribution >= 0.6 is 23.2 Å². The van der Waals surface area contributed by atoms with Gasteiger partial charge in [0.15, 0.2) is 76.1 Å². The molecule has 0 spiro atoms. The minimum Gasteiger partial charge on any atom is -0.506 e. The number of nitrogens with zero attached hydrogens (tertiary/aromatic N) is 4. The summed E-state index contributed by atoms with van der Waals surface area (Å²) in [5.74, 6) is -15.8. The zero-order valence-electron chi connectivity index (χ0n) is 31.2. The third-order valence-corrected chi connectivity index (χ3v) is 8.74. The molecule has 4 heterocycles. The zero-order chi connectivity index (χ0) is 46.1. The molecule has 9 nitrogen and oxygen atoms in total. The first kappa shape index (κ1) is 46.8. The molecule has 63 heavy (non-hydrogen) atoms. The van der Waals surface area contributed by atoms with Crippen molar-refractivity contribution in [3.8, 4) is 11.5 Å². The standard InChI is InChI=1S/C21H11ClF5N3O.C9H7NO.C7H2F4O.C5H4ClFN2/c22-10-6-14(25)21(29-8-10)30-19(15-16(26)12(23)7-13(24)17(15)27)11-4-3-9-2-1-5-28-18(9)20(11)31;11-8-5-1-3-7-4-2-6-10-9(7)8;8-4-1-5(9)7(11)3(2-12)6(4)10;6-3-1-4(7)5(8)9-2-3/h1-8,19,31H,(H,29,30);1-6,11H;1-2H;1-2H,(H2,8,9). The van der Waals surface area contributed by atoms with Crippen LogP contribution < -0.4 is 11.1 Å². The van der Waals surface area contributed by atoms with Gasteiger partial charge in [-0.1, -0.05) is 59.6 Å². The van der Waals surface area contributed by atoms with Gasteiger partial charge in [-0.15, -0.1) is 0 Å². The highest BCUT2D eigenvalue weighted by Crippen LogP contribution is 2.39. The SMILES string of the molecule is Nc1ncc(Cl)cc1F.O=Cc1c(F)c(F)cc(F)c1F.Oc1c(C(Nc2ncc(Cl)cc2F)c2c(F)c(F)cc(F)c2F)ccc2cccnc12.Oc1cccc2cccnc12. The van der Waals surface area contributed by atoms with Crippen LogP contribution in [0.3, 0.4) is 0 Å². The number of rotatable bonds is 5.